The largest absolute Gasteiger partial charge is 0.485 e. The van der Waals surface area contributed by atoms with Crippen LogP contribution in [0.3, 0.4) is 0 Å². The van der Waals surface area contributed by atoms with Crippen molar-refractivity contribution in [2.75, 3.05) is 13.2 Å². The number of hydrogen-bond donors (Lipinski definition) is 1. The van der Waals surface area contributed by atoms with Crippen molar-refractivity contribution in [1.82, 2.24) is 0 Å². The molecule has 6 rings (SSSR count). The molecule has 1 N–H and O–H groups in total. The van der Waals surface area contributed by atoms with Gasteiger partial charge in [-0.05, 0) is 86.5 Å². The second-order valence-corrected chi connectivity index (χ2v) is 11.3. The topological polar surface area (TPSA) is 57.2 Å². The SMILES string of the molecule is C=C(c1cccc(OC(C)(C)CO)c1)C1COC2(OO1)C1CC3CCC4CC2C4(C3)C1. The summed E-state index contributed by atoms with van der Waals surface area (Å²) in [6, 6.07) is 7.76. The van der Waals surface area contributed by atoms with Gasteiger partial charge < -0.3 is 14.6 Å². The first kappa shape index (κ1) is 20.2. The van der Waals surface area contributed by atoms with E-state index in [1.54, 1.807) is 0 Å². The Kier molecular flexibility index (Phi) is 4.44. The van der Waals surface area contributed by atoms with Crippen molar-refractivity contribution in [3.8, 4) is 5.75 Å². The maximum absolute atomic E-state index is 9.49. The van der Waals surface area contributed by atoms with Crippen LogP contribution in [0.15, 0.2) is 30.8 Å². The Balaban J connectivity index is 1.16. The summed E-state index contributed by atoms with van der Waals surface area (Å²) >= 11 is 0. The van der Waals surface area contributed by atoms with Gasteiger partial charge in [0, 0.05) is 11.8 Å². The van der Waals surface area contributed by atoms with Crippen LogP contribution in [-0.4, -0.2) is 35.8 Å². The molecule has 3 bridgehead atoms. The molecule has 2 spiro atoms. The van der Waals surface area contributed by atoms with Gasteiger partial charge in [-0.25, -0.2) is 4.89 Å². The Bertz CT molecular complexity index is 886. The molecule has 0 amide bonds. The van der Waals surface area contributed by atoms with E-state index in [1.807, 2.05) is 38.1 Å². The molecule has 1 aromatic rings. The number of hydrogen-bond acceptors (Lipinski definition) is 5. The summed E-state index contributed by atoms with van der Waals surface area (Å²) in [5.74, 6) is 2.84. The fourth-order valence-electron chi connectivity index (χ4n) is 7.55. The lowest BCUT2D eigenvalue weighted by Gasteiger charge is -2.60. The van der Waals surface area contributed by atoms with E-state index in [0.717, 1.165) is 23.0 Å². The summed E-state index contributed by atoms with van der Waals surface area (Å²) in [5, 5.41) is 9.49. The van der Waals surface area contributed by atoms with Crippen LogP contribution >= 0.6 is 0 Å². The monoisotopic (exact) mass is 426 g/mol. The second kappa shape index (κ2) is 6.80. The van der Waals surface area contributed by atoms with Crippen molar-refractivity contribution in [3.63, 3.8) is 0 Å². The third-order valence-corrected chi connectivity index (χ3v) is 9.04. The molecule has 168 valence electrons. The average Bonchev–Trinajstić information content (AvgIpc) is 2.93. The molecule has 5 heteroatoms. The van der Waals surface area contributed by atoms with Gasteiger partial charge in [-0.1, -0.05) is 25.1 Å². The maximum atomic E-state index is 9.49. The molecule has 7 unspecified atom stereocenters. The fourth-order valence-corrected chi connectivity index (χ4v) is 7.55. The molecule has 0 radical (unpaired) electrons. The highest BCUT2D eigenvalue weighted by Crippen LogP contribution is 2.77. The van der Waals surface area contributed by atoms with Crippen molar-refractivity contribution < 1.29 is 24.4 Å². The summed E-state index contributed by atoms with van der Waals surface area (Å²) < 4.78 is 12.5. The quantitative estimate of drug-likeness (QED) is 0.690. The summed E-state index contributed by atoms with van der Waals surface area (Å²) in [6.45, 7) is 8.42. The van der Waals surface area contributed by atoms with Gasteiger partial charge in [-0.2, -0.15) is 4.89 Å². The highest BCUT2D eigenvalue weighted by molar-refractivity contribution is 5.68. The van der Waals surface area contributed by atoms with Crippen LogP contribution in [0, 0.1) is 29.1 Å². The molecule has 1 aliphatic heterocycles. The van der Waals surface area contributed by atoms with Crippen molar-refractivity contribution >= 4 is 5.57 Å². The van der Waals surface area contributed by atoms with Crippen LogP contribution in [0.25, 0.3) is 5.57 Å². The maximum Gasteiger partial charge on any atom is 0.207 e. The molecular formula is C26H34O5. The molecule has 4 aliphatic carbocycles. The third-order valence-electron chi connectivity index (χ3n) is 9.04. The van der Waals surface area contributed by atoms with Gasteiger partial charge in [0.05, 0.1) is 13.2 Å². The first-order chi connectivity index (χ1) is 14.9. The van der Waals surface area contributed by atoms with E-state index >= 15 is 0 Å². The zero-order chi connectivity index (χ0) is 21.4. The van der Waals surface area contributed by atoms with Crippen LogP contribution in [0.5, 0.6) is 5.75 Å². The molecular weight excluding hydrogens is 392 g/mol. The Labute approximate surface area is 184 Å². The van der Waals surface area contributed by atoms with Crippen LogP contribution in [-0.2, 0) is 14.5 Å². The smallest absolute Gasteiger partial charge is 0.207 e. The lowest BCUT2D eigenvalue weighted by Crippen LogP contribution is -2.59. The number of aliphatic hydroxyl groups is 1. The highest BCUT2D eigenvalue weighted by atomic mass is 17.2. The summed E-state index contributed by atoms with van der Waals surface area (Å²) in [6.07, 6.45) is 7.54. The molecule has 1 aromatic carbocycles. The van der Waals surface area contributed by atoms with Crippen LogP contribution in [0.1, 0.15) is 57.9 Å². The van der Waals surface area contributed by atoms with E-state index in [9.17, 15) is 5.11 Å². The van der Waals surface area contributed by atoms with Gasteiger partial charge >= 0.3 is 0 Å². The molecule has 5 aliphatic rings. The number of rotatable bonds is 5. The van der Waals surface area contributed by atoms with Crippen LogP contribution in [0.2, 0.25) is 0 Å². The van der Waals surface area contributed by atoms with E-state index in [4.69, 9.17) is 19.2 Å². The second-order valence-electron chi connectivity index (χ2n) is 11.3. The van der Waals surface area contributed by atoms with E-state index in [-0.39, 0.29) is 12.7 Å². The van der Waals surface area contributed by atoms with Crippen LogP contribution in [0.4, 0.5) is 0 Å². The highest BCUT2D eigenvalue weighted by Gasteiger charge is 2.76. The van der Waals surface area contributed by atoms with Crippen molar-refractivity contribution in [3.05, 3.63) is 36.4 Å². The summed E-state index contributed by atoms with van der Waals surface area (Å²) in [5.41, 5.74) is 1.58. The van der Waals surface area contributed by atoms with Gasteiger partial charge in [0.15, 0.2) is 0 Å². The lowest BCUT2D eigenvalue weighted by atomic mass is 9.46. The molecule has 7 atom stereocenters. The summed E-state index contributed by atoms with van der Waals surface area (Å²) in [4.78, 5) is 12.3. The van der Waals surface area contributed by atoms with Crippen molar-refractivity contribution in [1.29, 1.82) is 0 Å². The van der Waals surface area contributed by atoms with Gasteiger partial charge in [0.1, 0.15) is 17.5 Å². The number of fused-ring (bicyclic) bond motifs is 4. The Morgan fingerprint density at radius 1 is 1.23 bits per heavy atom. The lowest BCUT2D eigenvalue weighted by molar-refractivity contribution is -0.503. The van der Waals surface area contributed by atoms with Crippen molar-refractivity contribution in [2.24, 2.45) is 29.1 Å². The molecule has 31 heavy (non-hydrogen) atoms. The number of benzene rings is 1. The fraction of sp³-hybridized carbons (Fsp3) is 0.692. The number of ether oxygens (including phenoxy) is 2. The van der Waals surface area contributed by atoms with Crippen LogP contribution < -0.4 is 4.74 Å². The minimum absolute atomic E-state index is 0.0563. The zero-order valence-corrected chi connectivity index (χ0v) is 18.6. The van der Waals surface area contributed by atoms with Gasteiger partial charge in [-0.15, -0.1) is 0 Å². The minimum Gasteiger partial charge on any atom is -0.485 e. The summed E-state index contributed by atoms with van der Waals surface area (Å²) in [7, 11) is 0. The predicted molar refractivity (Wildman–Crippen MR) is 116 cm³/mol. The molecule has 1 saturated heterocycles. The first-order valence-corrected chi connectivity index (χ1v) is 11.9. The first-order valence-electron chi connectivity index (χ1n) is 11.9. The van der Waals surface area contributed by atoms with E-state index < -0.39 is 11.4 Å². The minimum atomic E-state index is -0.641. The Morgan fingerprint density at radius 2 is 2.10 bits per heavy atom. The molecule has 5 nitrogen and oxygen atoms in total. The predicted octanol–water partition coefficient (Wildman–Crippen LogP) is 4.74. The van der Waals surface area contributed by atoms with Gasteiger partial charge in [-0.3, -0.25) is 0 Å². The molecule has 0 aromatic heterocycles. The van der Waals surface area contributed by atoms with Gasteiger partial charge in [0.2, 0.25) is 5.79 Å². The Hall–Kier alpha value is -1.40. The average molecular weight is 427 g/mol. The molecule has 1 heterocycles. The molecule has 5 fully saturated rings. The van der Waals surface area contributed by atoms with E-state index in [1.165, 1.54) is 38.5 Å². The zero-order valence-electron chi connectivity index (χ0n) is 18.6. The third kappa shape index (κ3) is 2.90. The van der Waals surface area contributed by atoms with E-state index in [2.05, 4.69) is 6.58 Å². The Morgan fingerprint density at radius 3 is 2.87 bits per heavy atom. The normalized spacial score (nSPS) is 42.9. The standard InChI is InChI=1S/C26H34O5/c1-16(18-5-4-6-21(10-18)29-24(2,3)15-27)22-14-28-26(31-30-22)20-9-17-7-8-19-11-23(26)25(19,12-17)13-20/h4-6,10,17,19-20,22-23,27H,1,7-9,11-15H2,2-3H3. The van der Waals surface area contributed by atoms with E-state index in [0.29, 0.717) is 29.6 Å². The number of aliphatic hydroxyl groups excluding tert-OH is 1. The molecule has 4 saturated carbocycles. The van der Waals surface area contributed by atoms with Gasteiger partial charge in [0.25, 0.3) is 0 Å². The van der Waals surface area contributed by atoms with Crippen molar-refractivity contribution in [2.45, 2.75) is 69.9 Å².